The van der Waals surface area contributed by atoms with Crippen LogP contribution < -0.4 is 10.9 Å². The normalized spacial score (nSPS) is 15.1. The molecule has 2 aromatic heterocycles. The van der Waals surface area contributed by atoms with Crippen molar-refractivity contribution in [3.8, 4) is 0 Å². The molecule has 6 heteroatoms. The smallest absolute Gasteiger partial charge is 0.110 e. The summed E-state index contributed by atoms with van der Waals surface area (Å²) in [7, 11) is -1.76. The lowest BCUT2D eigenvalue weighted by Gasteiger charge is -2.10. The summed E-state index contributed by atoms with van der Waals surface area (Å²) >= 11 is 0. The van der Waals surface area contributed by atoms with Crippen LogP contribution in [-0.2, 0) is 0 Å². The van der Waals surface area contributed by atoms with Crippen LogP contribution in [0.3, 0.4) is 0 Å². The number of nitrogens with zero attached hydrogens (tertiary/aromatic N) is 2. The van der Waals surface area contributed by atoms with Crippen molar-refractivity contribution < 1.29 is 0 Å². The van der Waals surface area contributed by atoms with Gasteiger partial charge >= 0.3 is 0 Å². The Morgan fingerprint density at radius 3 is 1.80 bits per heavy atom. The third-order valence-corrected chi connectivity index (χ3v) is 10.8. The molecule has 2 heterocycles. The predicted octanol–water partition coefficient (Wildman–Crippen LogP) is -0.500. The first-order valence-electron chi connectivity index (χ1n) is 5.26. The standard InChI is InChI=1S/C9H16N4Si2/c1-14(8-10-3-4-11-8)7-15(2)9-12-5-6-13-9/h3-6,14-15H,7H2,1-2H3,(H,10,11)(H,12,13). The number of aromatic amines is 2. The van der Waals surface area contributed by atoms with E-state index < -0.39 is 17.6 Å². The Hall–Kier alpha value is -1.15. The van der Waals surface area contributed by atoms with Crippen LogP contribution in [0.5, 0.6) is 0 Å². The van der Waals surface area contributed by atoms with Gasteiger partial charge in [0, 0.05) is 24.8 Å². The number of hydrogen-bond acceptors (Lipinski definition) is 2. The van der Waals surface area contributed by atoms with E-state index in [1.165, 1.54) is 16.6 Å². The highest BCUT2D eigenvalue weighted by atomic mass is 28.3. The maximum Gasteiger partial charge on any atom is 0.110 e. The SMILES string of the molecule is C[SiH](C[SiH](C)c1ncc[nH]1)c1ncc[nH]1. The average Bonchev–Trinajstić information content (AvgIpc) is 2.91. The molecule has 4 nitrogen and oxygen atoms in total. The molecule has 2 unspecified atom stereocenters. The fraction of sp³-hybridized carbons (Fsp3) is 0.333. The average molecular weight is 236 g/mol. The molecule has 0 fully saturated rings. The van der Waals surface area contributed by atoms with Gasteiger partial charge in [0.1, 0.15) is 17.6 Å². The quantitative estimate of drug-likeness (QED) is 0.703. The van der Waals surface area contributed by atoms with Gasteiger partial charge in [0.15, 0.2) is 0 Å². The molecule has 2 atom stereocenters. The third kappa shape index (κ3) is 2.45. The summed E-state index contributed by atoms with van der Waals surface area (Å²) in [5.41, 5.74) is 3.77. The van der Waals surface area contributed by atoms with Crippen molar-refractivity contribution >= 4 is 28.5 Å². The van der Waals surface area contributed by atoms with Gasteiger partial charge in [0.25, 0.3) is 0 Å². The fourth-order valence-corrected chi connectivity index (χ4v) is 9.32. The Morgan fingerprint density at radius 1 is 1.00 bits per heavy atom. The minimum Gasteiger partial charge on any atom is -0.353 e. The maximum absolute atomic E-state index is 4.35. The van der Waals surface area contributed by atoms with E-state index in [9.17, 15) is 0 Å². The summed E-state index contributed by atoms with van der Waals surface area (Å²) in [6, 6.07) is 0. The van der Waals surface area contributed by atoms with Crippen LogP contribution in [0.25, 0.3) is 0 Å². The first kappa shape index (κ1) is 10.4. The first-order chi connectivity index (χ1) is 7.27. The van der Waals surface area contributed by atoms with Gasteiger partial charge in [-0.3, -0.25) is 0 Å². The fourth-order valence-electron chi connectivity index (χ4n) is 1.85. The Morgan fingerprint density at radius 2 is 1.47 bits per heavy atom. The zero-order valence-electron chi connectivity index (χ0n) is 9.07. The van der Waals surface area contributed by atoms with Crippen molar-refractivity contribution in [2.24, 2.45) is 0 Å². The van der Waals surface area contributed by atoms with E-state index in [0.717, 1.165) is 0 Å². The topological polar surface area (TPSA) is 57.4 Å². The number of imidazole rings is 2. The number of H-pyrrole nitrogens is 2. The molecule has 0 aromatic carbocycles. The first-order valence-corrected chi connectivity index (χ1v) is 10.4. The second kappa shape index (κ2) is 4.58. The van der Waals surface area contributed by atoms with Crippen LogP contribution in [0, 0.1) is 0 Å². The Balaban J connectivity index is 1.98. The highest BCUT2D eigenvalue weighted by Gasteiger charge is 2.18. The van der Waals surface area contributed by atoms with E-state index in [-0.39, 0.29) is 0 Å². The molecule has 0 radical (unpaired) electrons. The van der Waals surface area contributed by atoms with Crippen molar-refractivity contribution in [2.45, 2.75) is 18.8 Å². The molecule has 0 spiro atoms. The largest absolute Gasteiger partial charge is 0.353 e. The van der Waals surface area contributed by atoms with Gasteiger partial charge in [0.05, 0.1) is 10.9 Å². The lowest BCUT2D eigenvalue weighted by molar-refractivity contribution is 1.36. The summed E-state index contributed by atoms with van der Waals surface area (Å²) in [6.07, 6.45) is 7.52. The summed E-state index contributed by atoms with van der Waals surface area (Å²) in [6.45, 7) is 4.70. The van der Waals surface area contributed by atoms with Crippen LogP contribution in [0.15, 0.2) is 24.8 Å². The monoisotopic (exact) mass is 236 g/mol. The molecule has 80 valence electrons. The lowest BCUT2D eigenvalue weighted by Crippen LogP contribution is -2.40. The number of hydrogen-bond donors (Lipinski definition) is 2. The molecular weight excluding hydrogens is 220 g/mol. The van der Waals surface area contributed by atoms with Gasteiger partial charge in [-0.05, 0) is 0 Å². The lowest BCUT2D eigenvalue weighted by atomic mass is 11.0. The van der Waals surface area contributed by atoms with Gasteiger partial charge in [-0.1, -0.05) is 18.8 Å². The molecule has 0 amide bonds. The van der Waals surface area contributed by atoms with Crippen molar-refractivity contribution in [3.05, 3.63) is 24.8 Å². The minimum atomic E-state index is -0.879. The molecule has 0 aliphatic heterocycles. The van der Waals surface area contributed by atoms with E-state index in [1.807, 2.05) is 24.8 Å². The summed E-state index contributed by atoms with van der Waals surface area (Å²) in [4.78, 5) is 15.2. The van der Waals surface area contributed by atoms with E-state index >= 15 is 0 Å². The molecule has 2 N–H and O–H groups in total. The number of rotatable bonds is 4. The van der Waals surface area contributed by atoms with E-state index in [2.05, 4.69) is 33.0 Å². The number of nitrogens with one attached hydrogen (secondary N) is 2. The molecule has 0 saturated carbocycles. The van der Waals surface area contributed by atoms with Crippen LogP contribution in [0.1, 0.15) is 0 Å². The van der Waals surface area contributed by atoms with Gasteiger partial charge < -0.3 is 9.97 Å². The zero-order chi connectivity index (χ0) is 10.7. The van der Waals surface area contributed by atoms with Crippen LogP contribution in [-0.4, -0.2) is 37.5 Å². The van der Waals surface area contributed by atoms with Crippen molar-refractivity contribution in [1.29, 1.82) is 0 Å². The molecule has 0 aliphatic rings. The van der Waals surface area contributed by atoms with E-state index in [4.69, 9.17) is 0 Å². The predicted molar refractivity (Wildman–Crippen MR) is 67.3 cm³/mol. The van der Waals surface area contributed by atoms with E-state index in [0.29, 0.717) is 0 Å². The van der Waals surface area contributed by atoms with Gasteiger partial charge in [-0.15, -0.1) is 0 Å². The van der Waals surface area contributed by atoms with Crippen LogP contribution >= 0.6 is 0 Å². The molecule has 0 saturated heterocycles. The zero-order valence-corrected chi connectivity index (χ0v) is 11.4. The highest BCUT2D eigenvalue weighted by Crippen LogP contribution is 1.96. The molecule has 0 aliphatic carbocycles. The Bertz CT molecular complexity index is 346. The summed E-state index contributed by atoms with van der Waals surface area (Å²) < 4.78 is 0. The molecule has 15 heavy (non-hydrogen) atoms. The minimum absolute atomic E-state index is 0.879. The molecule has 0 bridgehead atoms. The van der Waals surface area contributed by atoms with Crippen molar-refractivity contribution in [1.82, 2.24) is 19.9 Å². The Kier molecular flexibility index (Phi) is 3.17. The van der Waals surface area contributed by atoms with Crippen LogP contribution in [0.2, 0.25) is 18.8 Å². The van der Waals surface area contributed by atoms with Gasteiger partial charge in [0.2, 0.25) is 0 Å². The van der Waals surface area contributed by atoms with Gasteiger partial charge in [-0.25, -0.2) is 9.97 Å². The van der Waals surface area contributed by atoms with Crippen LogP contribution in [0.4, 0.5) is 0 Å². The third-order valence-electron chi connectivity index (χ3n) is 2.68. The maximum atomic E-state index is 4.35. The summed E-state index contributed by atoms with van der Waals surface area (Å²) in [5.74, 6) is 0. The second-order valence-corrected chi connectivity index (χ2v) is 10.6. The highest BCUT2D eigenvalue weighted by molar-refractivity contribution is 6.87. The second-order valence-electron chi connectivity index (χ2n) is 3.99. The van der Waals surface area contributed by atoms with E-state index in [1.54, 1.807) is 0 Å². The summed E-state index contributed by atoms with van der Waals surface area (Å²) in [5, 5.41) is 0. The molecule has 2 rings (SSSR count). The van der Waals surface area contributed by atoms with Gasteiger partial charge in [-0.2, -0.15) is 0 Å². The number of aromatic nitrogens is 4. The molecular formula is C9H16N4Si2. The van der Waals surface area contributed by atoms with Crippen molar-refractivity contribution in [2.75, 3.05) is 0 Å². The Labute approximate surface area is 92.4 Å². The molecule has 2 aromatic rings. The van der Waals surface area contributed by atoms with Crippen molar-refractivity contribution in [3.63, 3.8) is 0 Å².